The summed E-state index contributed by atoms with van der Waals surface area (Å²) in [7, 11) is 0. The van der Waals surface area contributed by atoms with E-state index >= 15 is 0 Å². The van der Waals surface area contributed by atoms with Gasteiger partial charge in [0.1, 0.15) is 5.82 Å². The lowest BCUT2D eigenvalue weighted by molar-refractivity contribution is 0.148. The quantitative estimate of drug-likeness (QED) is 0.847. The number of likely N-dealkylation sites (tertiary alicyclic amines) is 1. The number of nitrogens with zero attached hydrogens (tertiary/aromatic N) is 4. The molecule has 102 valence electrons. The minimum atomic E-state index is 0.676. The van der Waals surface area contributed by atoms with Crippen LogP contribution in [0.5, 0.6) is 0 Å². The average Bonchev–Trinajstić information content (AvgIpc) is 2.83. The Kier molecular flexibility index (Phi) is 3.51. The van der Waals surface area contributed by atoms with Gasteiger partial charge in [-0.05, 0) is 57.8 Å². The van der Waals surface area contributed by atoms with Crippen LogP contribution >= 0.6 is 0 Å². The number of piperidine rings is 1. The molecule has 0 N–H and O–H groups in total. The Morgan fingerprint density at radius 1 is 1.21 bits per heavy atom. The Bertz CT molecular complexity index is 538. The maximum absolute atomic E-state index is 4.34. The van der Waals surface area contributed by atoms with Crippen molar-refractivity contribution in [1.82, 2.24) is 19.5 Å². The molecule has 0 bridgehead atoms. The van der Waals surface area contributed by atoms with Crippen molar-refractivity contribution < 1.29 is 0 Å². The smallest absolute Gasteiger partial charge is 0.160 e. The summed E-state index contributed by atoms with van der Waals surface area (Å²) in [4.78, 5) is 2.57. The molecular formula is C15H22N4. The third-order valence-electron chi connectivity index (χ3n) is 4.24. The van der Waals surface area contributed by atoms with Gasteiger partial charge in [-0.3, -0.25) is 4.40 Å². The summed E-state index contributed by atoms with van der Waals surface area (Å²) >= 11 is 0. The highest BCUT2D eigenvalue weighted by atomic mass is 15.2. The summed E-state index contributed by atoms with van der Waals surface area (Å²) < 4.78 is 2.12. The van der Waals surface area contributed by atoms with Crippen molar-refractivity contribution in [3.8, 4) is 0 Å². The number of pyridine rings is 1. The van der Waals surface area contributed by atoms with E-state index in [-0.39, 0.29) is 0 Å². The van der Waals surface area contributed by atoms with Crippen LogP contribution in [0.2, 0.25) is 0 Å². The van der Waals surface area contributed by atoms with Crippen LogP contribution in [0, 0.1) is 5.92 Å². The molecule has 2 aromatic rings. The van der Waals surface area contributed by atoms with E-state index in [4.69, 9.17) is 0 Å². The topological polar surface area (TPSA) is 33.4 Å². The van der Waals surface area contributed by atoms with Gasteiger partial charge in [0.15, 0.2) is 5.65 Å². The van der Waals surface area contributed by atoms with E-state index in [9.17, 15) is 0 Å². The largest absolute Gasteiger partial charge is 0.301 e. The van der Waals surface area contributed by atoms with E-state index in [0.29, 0.717) is 6.04 Å². The van der Waals surface area contributed by atoms with Crippen LogP contribution in [0.1, 0.15) is 32.5 Å². The van der Waals surface area contributed by atoms with Crippen LogP contribution in [0.3, 0.4) is 0 Å². The molecule has 4 nitrogen and oxygen atoms in total. The Balaban J connectivity index is 1.66. The third kappa shape index (κ3) is 2.63. The zero-order chi connectivity index (χ0) is 13.2. The Morgan fingerprint density at radius 3 is 2.74 bits per heavy atom. The molecule has 2 aromatic heterocycles. The van der Waals surface area contributed by atoms with Gasteiger partial charge in [-0.2, -0.15) is 0 Å². The molecule has 3 rings (SSSR count). The molecule has 1 aliphatic heterocycles. The number of aromatic nitrogens is 3. The van der Waals surface area contributed by atoms with E-state index in [2.05, 4.69) is 39.5 Å². The van der Waals surface area contributed by atoms with Crippen LogP contribution in [0.25, 0.3) is 5.65 Å². The monoisotopic (exact) mass is 258 g/mol. The van der Waals surface area contributed by atoms with Crippen LogP contribution in [0.4, 0.5) is 0 Å². The van der Waals surface area contributed by atoms with Crippen LogP contribution < -0.4 is 0 Å². The lowest BCUT2D eigenvalue weighted by Crippen LogP contribution is -2.38. The van der Waals surface area contributed by atoms with Crippen molar-refractivity contribution in [2.75, 3.05) is 13.1 Å². The Hall–Kier alpha value is -1.42. The van der Waals surface area contributed by atoms with Crippen molar-refractivity contribution in [2.45, 2.75) is 39.2 Å². The third-order valence-corrected chi connectivity index (χ3v) is 4.24. The average molecular weight is 258 g/mol. The fraction of sp³-hybridized carbons (Fsp3) is 0.600. The second-order valence-electron chi connectivity index (χ2n) is 5.82. The second kappa shape index (κ2) is 5.29. The molecule has 0 atom stereocenters. The minimum Gasteiger partial charge on any atom is -0.301 e. The highest BCUT2D eigenvalue weighted by Crippen LogP contribution is 2.22. The molecular weight excluding hydrogens is 236 g/mol. The highest BCUT2D eigenvalue weighted by molar-refractivity contribution is 5.37. The fourth-order valence-corrected chi connectivity index (χ4v) is 2.96. The first-order valence-electron chi connectivity index (χ1n) is 7.26. The van der Waals surface area contributed by atoms with Crippen LogP contribution in [0.15, 0.2) is 24.4 Å². The van der Waals surface area contributed by atoms with Gasteiger partial charge in [-0.1, -0.05) is 6.07 Å². The van der Waals surface area contributed by atoms with E-state index in [1.807, 2.05) is 18.2 Å². The molecule has 1 fully saturated rings. The van der Waals surface area contributed by atoms with Gasteiger partial charge in [0.25, 0.3) is 0 Å². The van der Waals surface area contributed by atoms with E-state index in [1.165, 1.54) is 25.9 Å². The van der Waals surface area contributed by atoms with Gasteiger partial charge in [-0.15, -0.1) is 10.2 Å². The number of fused-ring (bicyclic) bond motifs is 1. The van der Waals surface area contributed by atoms with Gasteiger partial charge in [0.2, 0.25) is 0 Å². The summed E-state index contributed by atoms with van der Waals surface area (Å²) in [6.45, 7) is 7.01. The van der Waals surface area contributed by atoms with Crippen molar-refractivity contribution in [1.29, 1.82) is 0 Å². The summed E-state index contributed by atoms with van der Waals surface area (Å²) in [5.74, 6) is 1.86. The molecule has 0 spiro atoms. The number of hydrogen-bond acceptors (Lipinski definition) is 3. The number of rotatable bonds is 3. The predicted molar refractivity (Wildman–Crippen MR) is 76.1 cm³/mol. The van der Waals surface area contributed by atoms with Crippen molar-refractivity contribution in [3.05, 3.63) is 30.2 Å². The summed E-state index contributed by atoms with van der Waals surface area (Å²) in [6.07, 6.45) is 5.67. The normalized spacial score (nSPS) is 18.5. The fourth-order valence-electron chi connectivity index (χ4n) is 2.96. The molecule has 1 aliphatic rings. The molecule has 0 radical (unpaired) electrons. The molecule has 4 heteroatoms. The van der Waals surface area contributed by atoms with Crippen molar-refractivity contribution in [3.63, 3.8) is 0 Å². The van der Waals surface area contributed by atoms with Gasteiger partial charge >= 0.3 is 0 Å². The lowest BCUT2D eigenvalue weighted by Gasteiger charge is -2.34. The predicted octanol–water partition coefficient (Wildman–Crippen LogP) is 2.39. The summed E-state index contributed by atoms with van der Waals surface area (Å²) in [6, 6.07) is 6.74. The van der Waals surface area contributed by atoms with Gasteiger partial charge in [0, 0.05) is 18.7 Å². The van der Waals surface area contributed by atoms with E-state index < -0.39 is 0 Å². The molecule has 0 aliphatic carbocycles. The first kappa shape index (κ1) is 12.6. The standard InChI is InChI=1S/C15H22N4/c1-12(2)18-9-6-13(7-10-18)11-15-17-16-14-5-3-4-8-19(14)15/h3-5,8,12-13H,6-7,9-11H2,1-2H3. The maximum Gasteiger partial charge on any atom is 0.160 e. The molecule has 0 amide bonds. The zero-order valence-electron chi connectivity index (χ0n) is 11.8. The minimum absolute atomic E-state index is 0.676. The molecule has 1 saturated heterocycles. The number of hydrogen-bond donors (Lipinski definition) is 0. The molecule has 3 heterocycles. The first-order chi connectivity index (χ1) is 9.24. The van der Waals surface area contributed by atoms with Crippen LogP contribution in [-0.4, -0.2) is 38.6 Å². The zero-order valence-corrected chi connectivity index (χ0v) is 11.8. The van der Waals surface area contributed by atoms with Crippen molar-refractivity contribution >= 4 is 5.65 Å². The van der Waals surface area contributed by atoms with Gasteiger partial charge < -0.3 is 4.90 Å². The second-order valence-corrected chi connectivity index (χ2v) is 5.82. The highest BCUT2D eigenvalue weighted by Gasteiger charge is 2.22. The van der Waals surface area contributed by atoms with E-state index in [0.717, 1.165) is 23.8 Å². The van der Waals surface area contributed by atoms with E-state index in [1.54, 1.807) is 0 Å². The first-order valence-corrected chi connectivity index (χ1v) is 7.26. The maximum atomic E-state index is 4.34. The lowest BCUT2D eigenvalue weighted by atomic mass is 9.92. The van der Waals surface area contributed by atoms with Gasteiger partial charge in [-0.25, -0.2) is 0 Å². The Morgan fingerprint density at radius 2 is 2.00 bits per heavy atom. The van der Waals surface area contributed by atoms with Gasteiger partial charge in [0.05, 0.1) is 0 Å². The molecule has 0 saturated carbocycles. The molecule has 0 aromatic carbocycles. The van der Waals surface area contributed by atoms with Crippen molar-refractivity contribution in [2.24, 2.45) is 5.92 Å². The summed E-state index contributed by atoms with van der Waals surface area (Å²) in [5.41, 5.74) is 0.956. The summed E-state index contributed by atoms with van der Waals surface area (Å²) in [5, 5.41) is 8.57. The molecule has 19 heavy (non-hydrogen) atoms. The SMILES string of the molecule is CC(C)N1CCC(Cc2nnc3ccccn23)CC1. The Labute approximate surface area is 114 Å². The molecule has 0 unspecified atom stereocenters. The van der Waals surface area contributed by atoms with Crippen LogP contribution in [-0.2, 0) is 6.42 Å².